The van der Waals surface area contributed by atoms with Crippen molar-refractivity contribution in [2.45, 2.75) is 39.2 Å². The van der Waals surface area contributed by atoms with Crippen LogP contribution in [-0.2, 0) is 14.3 Å². The molecule has 206 valence electrons. The Balaban J connectivity index is 1.44. The average Bonchev–Trinajstić information content (AvgIpc) is 3.44. The number of aryl methyl sites for hydroxylation is 1. The van der Waals surface area contributed by atoms with E-state index in [4.69, 9.17) is 4.74 Å². The molecule has 0 aliphatic carbocycles. The first-order valence-corrected chi connectivity index (χ1v) is 13.4. The highest BCUT2D eigenvalue weighted by Crippen LogP contribution is 2.35. The average molecular weight is 541 g/mol. The number of likely N-dealkylation sites (tertiary alicyclic amines) is 1. The van der Waals surface area contributed by atoms with Crippen molar-refractivity contribution in [3.8, 4) is 0 Å². The van der Waals surface area contributed by atoms with Crippen LogP contribution in [0.4, 0.5) is 5.69 Å². The van der Waals surface area contributed by atoms with Gasteiger partial charge in [-0.2, -0.15) is 0 Å². The number of anilines is 1. The lowest BCUT2D eigenvalue weighted by Crippen LogP contribution is -2.36. The Kier molecular flexibility index (Phi) is 7.55. The zero-order valence-electron chi connectivity index (χ0n) is 22.8. The number of ether oxygens (including phenoxy) is 1. The number of aromatic nitrogens is 1. The van der Waals surface area contributed by atoms with E-state index in [-0.39, 0.29) is 17.4 Å². The molecule has 1 fully saturated rings. The minimum atomic E-state index is -0.984. The Hall–Kier alpha value is -4.66. The van der Waals surface area contributed by atoms with E-state index in [0.29, 0.717) is 33.6 Å². The summed E-state index contributed by atoms with van der Waals surface area (Å²) in [6.45, 7) is 5.24. The molecule has 3 heterocycles. The van der Waals surface area contributed by atoms with Crippen LogP contribution in [0, 0.1) is 13.8 Å². The summed E-state index contributed by atoms with van der Waals surface area (Å²) < 4.78 is 4.91. The molecule has 9 nitrogen and oxygen atoms in total. The number of piperidine rings is 1. The van der Waals surface area contributed by atoms with Crippen molar-refractivity contribution < 1.29 is 23.9 Å². The second-order valence-corrected chi connectivity index (χ2v) is 10.1. The number of carbonyl (C=O) groups excluding carboxylic acids is 4. The standard InChI is InChI=1S/C31H32N4O5/c1-18-25(32-19(2)26(18)30(38)35-14-8-5-9-15-35)17-23-22-16-21(12-13-24(22)33-29(23)37)28(36)34-27(31(39)40-3)20-10-6-4-7-11-20/h4,6-7,10-13,16-17,27,32H,5,8-9,14-15H2,1-3H3,(H,33,37)(H,34,36)/b23-17-. The van der Waals surface area contributed by atoms with Crippen LogP contribution in [0.15, 0.2) is 48.5 Å². The fourth-order valence-electron chi connectivity index (χ4n) is 5.37. The molecule has 2 aromatic carbocycles. The number of fused-ring (bicyclic) bond motifs is 1. The second kappa shape index (κ2) is 11.2. The number of aromatic amines is 1. The molecule has 3 N–H and O–H groups in total. The van der Waals surface area contributed by atoms with Gasteiger partial charge in [-0.25, -0.2) is 4.79 Å². The van der Waals surface area contributed by atoms with E-state index in [9.17, 15) is 19.2 Å². The number of carbonyl (C=O) groups is 4. The third kappa shape index (κ3) is 5.14. The Morgan fingerprint density at radius 2 is 1.75 bits per heavy atom. The van der Waals surface area contributed by atoms with Crippen molar-refractivity contribution in [2.75, 3.05) is 25.5 Å². The summed E-state index contributed by atoms with van der Waals surface area (Å²) in [5.74, 6) is -1.38. The van der Waals surface area contributed by atoms with Crippen LogP contribution in [0.3, 0.4) is 0 Å². The van der Waals surface area contributed by atoms with Crippen molar-refractivity contribution in [1.29, 1.82) is 0 Å². The number of rotatable bonds is 6. The van der Waals surface area contributed by atoms with Crippen molar-refractivity contribution >= 4 is 41.0 Å². The van der Waals surface area contributed by atoms with Gasteiger partial charge in [-0.15, -0.1) is 0 Å². The molecule has 2 aliphatic heterocycles. The Labute approximate surface area is 232 Å². The molecule has 2 aliphatic rings. The predicted octanol–water partition coefficient (Wildman–Crippen LogP) is 4.39. The van der Waals surface area contributed by atoms with E-state index in [1.807, 2.05) is 24.8 Å². The van der Waals surface area contributed by atoms with Crippen LogP contribution >= 0.6 is 0 Å². The number of esters is 1. The number of methoxy groups -OCH3 is 1. The second-order valence-electron chi connectivity index (χ2n) is 10.1. The van der Waals surface area contributed by atoms with Crippen LogP contribution in [0.2, 0.25) is 0 Å². The largest absolute Gasteiger partial charge is 0.467 e. The summed E-state index contributed by atoms with van der Waals surface area (Å²) in [7, 11) is 1.27. The van der Waals surface area contributed by atoms with Crippen LogP contribution in [0.5, 0.6) is 0 Å². The van der Waals surface area contributed by atoms with Crippen molar-refractivity contribution in [1.82, 2.24) is 15.2 Å². The predicted molar refractivity (Wildman–Crippen MR) is 152 cm³/mol. The highest BCUT2D eigenvalue weighted by Gasteiger charge is 2.29. The molecule has 9 heteroatoms. The lowest BCUT2D eigenvalue weighted by atomic mass is 10.0. The third-order valence-electron chi connectivity index (χ3n) is 7.53. The molecule has 0 spiro atoms. The maximum Gasteiger partial charge on any atom is 0.333 e. The minimum Gasteiger partial charge on any atom is -0.467 e. The monoisotopic (exact) mass is 540 g/mol. The van der Waals surface area contributed by atoms with Gasteiger partial charge >= 0.3 is 5.97 Å². The SMILES string of the molecule is COC(=O)C(NC(=O)c1ccc2c(c1)/C(=C/c1[nH]c(C)c(C(=O)N3CCCCC3)c1C)C(=O)N2)c1ccccc1. The smallest absolute Gasteiger partial charge is 0.333 e. The maximum atomic E-state index is 13.3. The molecule has 1 atom stereocenters. The highest BCUT2D eigenvalue weighted by molar-refractivity contribution is 6.35. The topological polar surface area (TPSA) is 121 Å². The van der Waals surface area contributed by atoms with Gasteiger partial charge in [-0.05, 0) is 68.5 Å². The normalized spacial score (nSPS) is 16.3. The number of amides is 3. The first-order valence-electron chi connectivity index (χ1n) is 13.4. The summed E-state index contributed by atoms with van der Waals surface area (Å²) in [5, 5.41) is 5.59. The molecule has 1 unspecified atom stereocenters. The molecule has 3 aromatic rings. The zero-order chi connectivity index (χ0) is 28.4. The first-order chi connectivity index (χ1) is 19.3. The third-order valence-corrected chi connectivity index (χ3v) is 7.53. The summed E-state index contributed by atoms with van der Waals surface area (Å²) in [6, 6.07) is 12.7. The van der Waals surface area contributed by atoms with E-state index >= 15 is 0 Å². The summed E-state index contributed by atoms with van der Waals surface area (Å²) in [6.07, 6.45) is 4.86. The Morgan fingerprint density at radius 1 is 1.02 bits per heavy atom. The molecular formula is C31H32N4O5. The zero-order valence-corrected chi connectivity index (χ0v) is 22.8. The van der Waals surface area contributed by atoms with Crippen LogP contribution < -0.4 is 10.6 Å². The molecule has 5 rings (SSSR count). The van der Waals surface area contributed by atoms with Gasteiger partial charge in [-0.1, -0.05) is 30.3 Å². The van der Waals surface area contributed by atoms with Crippen molar-refractivity contribution in [3.63, 3.8) is 0 Å². The molecular weight excluding hydrogens is 508 g/mol. The number of hydrogen-bond donors (Lipinski definition) is 3. The fraction of sp³-hybridized carbons (Fsp3) is 0.290. The van der Waals surface area contributed by atoms with Crippen LogP contribution in [-0.4, -0.2) is 53.8 Å². The number of nitrogens with one attached hydrogen (secondary N) is 3. The van der Waals surface area contributed by atoms with Gasteiger partial charge in [-0.3, -0.25) is 14.4 Å². The summed E-state index contributed by atoms with van der Waals surface area (Å²) >= 11 is 0. The van der Waals surface area contributed by atoms with E-state index in [1.54, 1.807) is 48.5 Å². The van der Waals surface area contributed by atoms with Gasteiger partial charge in [0, 0.05) is 41.3 Å². The molecule has 0 radical (unpaired) electrons. The first kappa shape index (κ1) is 26.9. The molecule has 3 amide bonds. The molecule has 0 bridgehead atoms. The lowest BCUT2D eigenvalue weighted by Gasteiger charge is -2.27. The summed E-state index contributed by atoms with van der Waals surface area (Å²) in [5.41, 5.74) is 5.21. The highest BCUT2D eigenvalue weighted by atomic mass is 16.5. The van der Waals surface area contributed by atoms with Gasteiger partial charge in [0.2, 0.25) is 0 Å². The van der Waals surface area contributed by atoms with E-state index < -0.39 is 17.9 Å². The fourth-order valence-corrected chi connectivity index (χ4v) is 5.37. The quantitative estimate of drug-likeness (QED) is 0.316. The molecule has 40 heavy (non-hydrogen) atoms. The molecule has 1 saturated heterocycles. The van der Waals surface area contributed by atoms with Gasteiger partial charge in [0.1, 0.15) is 0 Å². The summed E-state index contributed by atoms with van der Waals surface area (Å²) in [4.78, 5) is 57.1. The number of hydrogen-bond acceptors (Lipinski definition) is 5. The molecule has 0 saturated carbocycles. The lowest BCUT2D eigenvalue weighted by molar-refractivity contribution is -0.143. The minimum absolute atomic E-state index is 0.00408. The van der Waals surface area contributed by atoms with Crippen LogP contribution in [0.25, 0.3) is 11.6 Å². The number of nitrogens with zero attached hydrogens (tertiary/aromatic N) is 1. The van der Waals surface area contributed by atoms with Gasteiger partial charge in [0.15, 0.2) is 6.04 Å². The van der Waals surface area contributed by atoms with E-state index in [1.165, 1.54) is 7.11 Å². The Morgan fingerprint density at radius 3 is 2.45 bits per heavy atom. The van der Waals surface area contributed by atoms with Gasteiger partial charge < -0.3 is 25.3 Å². The van der Waals surface area contributed by atoms with Gasteiger partial charge in [0.25, 0.3) is 17.7 Å². The van der Waals surface area contributed by atoms with Crippen molar-refractivity contribution in [2.24, 2.45) is 0 Å². The maximum absolute atomic E-state index is 13.3. The number of H-pyrrole nitrogens is 1. The van der Waals surface area contributed by atoms with Gasteiger partial charge in [0.05, 0.1) is 18.2 Å². The molecule has 1 aromatic heterocycles. The Bertz CT molecular complexity index is 1520. The van der Waals surface area contributed by atoms with E-state index in [2.05, 4.69) is 15.6 Å². The number of benzene rings is 2. The van der Waals surface area contributed by atoms with Crippen LogP contribution in [0.1, 0.15) is 74.1 Å². The van der Waals surface area contributed by atoms with E-state index in [0.717, 1.165) is 43.6 Å². The van der Waals surface area contributed by atoms with Crippen molar-refractivity contribution in [3.05, 3.63) is 87.7 Å².